The number of sulfonamides is 1. The van der Waals surface area contributed by atoms with E-state index in [1.165, 1.54) is 24.3 Å². The van der Waals surface area contributed by atoms with Gasteiger partial charge in [-0.25, -0.2) is 13.1 Å². The molecule has 0 amide bonds. The Morgan fingerprint density at radius 1 is 1.23 bits per heavy atom. The third-order valence-electron chi connectivity index (χ3n) is 4.50. The number of nitro groups is 1. The standard InChI is InChI=1S/C17H27N3O5S/c1-13-9-19(10-14(2)25-13)17(3,4)12-18-26(23,24)11-15-5-7-16(8-6-15)20(21)22/h5-8,13-14,18H,9-12H2,1-4H3. The second kappa shape index (κ2) is 7.99. The highest BCUT2D eigenvalue weighted by Crippen LogP contribution is 2.21. The summed E-state index contributed by atoms with van der Waals surface area (Å²) in [5.41, 5.74) is 0.0970. The van der Waals surface area contributed by atoms with E-state index in [4.69, 9.17) is 4.74 Å². The zero-order valence-corrected chi connectivity index (χ0v) is 16.5. The summed E-state index contributed by atoms with van der Waals surface area (Å²) in [4.78, 5) is 12.4. The van der Waals surface area contributed by atoms with Crippen LogP contribution < -0.4 is 4.72 Å². The van der Waals surface area contributed by atoms with Gasteiger partial charge in [-0.2, -0.15) is 0 Å². The molecule has 9 heteroatoms. The maximum absolute atomic E-state index is 12.4. The molecule has 1 fully saturated rings. The molecule has 1 heterocycles. The molecule has 1 aromatic rings. The van der Waals surface area contributed by atoms with E-state index in [2.05, 4.69) is 9.62 Å². The van der Waals surface area contributed by atoms with Crippen molar-refractivity contribution in [3.8, 4) is 0 Å². The summed E-state index contributed by atoms with van der Waals surface area (Å²) in [6.45, 7) is 9.82. The quantitative estimate of drug-likeness (QED) is 0.568. The van der Waals surface area contributed by atoms with Gasteiger partial charge >= 0.3 is 0 Å². The van der Waals surface area contributed by atoms with Gasteiger partial charge in [0.25, 0.3) is 5.69 Å². The number of hydrogen-bond acceptors (Lipinski definition) is 6. The second-order valence-electron chi connectivity index (χ2n) is 7.48. The van der Waals surface area contributed by atoms with E-state index in [9.17, 15) is 18.5 Å². The molecule has 1 aliphatic heterocycles. The lowest BCUT2D eigenvalue weighted by Crippen LogP contribution is -2.58. The van der Waals surface area contributed by atoms with E-state index < -0.39 is 14.9 Å². The van der Waals surface area contributed by atoms with Gasteiger partial charge < -0.3 is 4.74 Å². The highest BCUT2D eigenvalue weighted by atomic mass is 32.2. The third kappa shape index (κ3) is 5.73. The minimum atomic E-state index is -3.54. The van der Waals surface area contributed by atoms with Gasteiger partial charge in [0, 0.05) is 37.3 Å². The molecule has 1 aliphatic rings. The fourth-order valence-electron chi connectivity index (χ4n) is 3.05. The van der Waals surface area contributed by atoms with E-state index in [1.807, 2.05) is 27.7 Å². The Labute approximate surface area is 154 Å². The summed E-state index contributed by atoms with van der Waals surface area (Å²) in [6.07, 6.45) is 0.212. The molecule has 0 saturated carbocycles. The van der Waals surface area contributed by atoms with Gasteiger partial charge in [-0.05, 0) is 33.3 Å². The maximum Gasteiger partial charge on any atom is 0.269 e. The van der Waals surface area contributed by atoms with Crippen molar-refractivity contribution in [2.75, 3.05) is 19.6 Å². The number of hydrogen-bond donors (Lipinski definition) is 1. The lowest BCUT2D eigenvalue weighted by atomic mass is 10.0. The number of nitrogens with one attached hydrogen (secondary N) is 1. The molecule has 1 N–H and O–H groups in total. The summed E-state index contributed by atoms with van der Waals surface area (Å²) in [5.74, 6) is -0.211. The smallest absolute Gasteiger partial charge is 0.269 e. The Balaban J connectivity index is 1.96. The molecule has 8 nitrogen and oxygen atoms in total. The lowest BCUT2D eigenvalue weighted by Gasteiger charge is -2.45. The zero-order valence-electron chi connectivity index (χ0n) is 15.6. The molecule has 2 rings (SSSR count). The average Bonchev–Trinajstić information content (AvgIpc) is 2.52. The normalized spacial score (nSPS) is 22.3. The van der Waals surface area contributed by atoms with Crippen LogP contribution in [0, 0.1) is 10.1 Å². The molecule has 2 atom stereocenters. The average molecular weight is 385 g/mol. The number of ether oxygens (including phenoxy) is 1. The number of nitro benzene ring substituents is 1. The van der Waals surface area contributed by atoms with Crippen molar-refractivity contribution in [1.82, 2.24) is 9.62 Å². The van der Waals surface area contributed by atoms with E-state index in [1.54, 1.807) is 0 Å². The van der Waals surface area contributed by atoms with Crippen molar-refractivity contribution in [2.24, 2.45) is 0 Å². The monoisotopic (exact) mass is 385 g/mol. The number of benzene rings is 1. The first-order chi connectivity index (χ1) is 12.0. The van der Waals surface area contributed by atoms with Gasteiger partial charge in [-0.3, -0.25) is 15.0 Å². The molecule has 2 unspecified atom stereocenters. The molecule has 0 bridgehead atoms. The van der Waals surface area contributed by atoms with Gasteiger partial charge in [-0.1, -0.05) is 12.1 Å². The highest BCUT2D eigenvalue weighted by Gasteiger charge is 2.34. The van der Waals surface area contributed by atoms with Crippen LogP contribution in [0.1, 0.15) is 33.3 Å². The minimum Gasteiger partial charge on any atom is -0.373 e. The molecular formula is C17H27N3O5S. The zero-order chi connectivity index (χ0) is 19.5. The van der Waals surface area contributed by atoms with Crippen molar-refractivity contribution < 1.29 is 18.1 Å². The van der Waals surface area contributed by atoms with Gasteiger partial charge in [0.05, 0.1) is 22.9 Å². The van der Waals surface area contributed by atoms with Crippen LogP contribution in [0.4, 0.5) is 5.69 Å². The van der Waals surface area contributed by atoms with Crippen LogP contribution in [0.25, 0.3) is 0 Å². The molecular weight excluding hydrogens is 358 g/mol. The number of rotatable bonds is 7. The first kappa shape index (κ1) is 20.8. The SMILES string of the molecule is CC1CN(C(C)(C)CNS(=O)(=O)Cc2ccc([N+](=O)[O-])cc2)CC(C)O1. The van der Waals surface area contributed by atoms with Crippen molar-refractivity contribution in [1.29, 1.82) is 0 Å². The van der Waals surface area contributed by atoms with Crippen molar-refractivity contribution >= 4 is 15.7 Å². The minimum absolute atomic E-state index is 0.0594. The summed E-state index contributed by atoms with van der Waals surface area (Å²) in [5, 5.41) is 10.7. The molecule has 146 valence electrons. The first-order valence-electron chi connectivity index (χ1n) is 8.60. The third-order valence-corrected chi connectivity index (χ3v) is 5.80. The molecule has 0 radical (unpaired) electrons. The number of nitrogens with zero attached hydrogens (tertiary/aromatic N) is 2. The molecule has 0 aliphatic carbocycles. The Hall–Kier alpha value is -1.55. The second-order valence-corrected chi connectivity index (χ2v) is 9.29. The summed E-state index contributed by atoms with van der Waals surface area (Å²) in [6, 6.07) is 5.55. The van der Waals surface area contributed by atoms with E-state index >= 15 is 0 Å². The van der Waals surface area contributed by atoms with Crippen molar-refractivity contribution in [3.63, 3.8) is 0 Å². The van der Waals surface area contributed by atoms with Gasteiger partial charge in [0.2, 0.25) is 10.0 Å². The number of morpholine rings is 1. The van der Waals surface area contributed by atoms with Gasteiger partial charge in [0.15, 0.2) is 0 Å². The molecule has 0 spiro atoms. The Kier molecular flexibility index (Phi) is 6.38. The molecule has 1 saturated heterocycles. The van der Waals surface area contributed by atoms with Crippen LogP contribution in [-0.2, 0) is 20.5 Å². The number of non-ortho nitro benzene ring substituents is 1. The van der Waals surface area contributed by atoms with Crippen LogP contribution in [0.2, 0.25) is 0 Å². The fraction of sp³-hybridized carbons (Fsp3) is 0.647. The largest absolute Gasteiger partial charge is 0.373 e. The highest BCUT2D eigenvalue weighted by molar-refractivity contribution is 7.88. The fourth-order valence-corrected chi connectivity index (χ4v) is 4.36. The van der Waals surface area contributed by atoms with Crippen molar-refractivity contribution in [2.45, 2.75) is 51.2 Å². The Morgan fingerprint density at radius 3 is 2.27 bits per heavy atom. The van der Waals surface area contributed by atoms with Crippen molar-refractivity contribution in [3.05, 3.63) is 39.9 Å². The van der Waals surface area contributed by atoms with Crippen LogP contribution >= 0.6 is 0 Å². The molecule has 0 aromatic heterocycles. The predicted octanol–water partition coefficient (Wildman–Crippen LogP) is 1.90. The predicted molar refractivity (Wildman–Crippen MR) is 99.4 cm³/mol. The van der Waals surface area contributed by atoms with E-state index in [0.717, 1.165) is 13.1 Å². The molecule has 26 heavy (non-hydrogen) atoms. The summed E-state index contributed by atoms with van der Waals surface area (Å²) < 4.78 is 33.2. The van der Waals surface area contributed by atoms with Gasteiger partial charge in [0.1, 0.15) is 0 Å². The van der Waals surface area contributed by atoms with Crippen LogP contribution in [0.3, 0.4) is 0 Å². The lowest BCUT2D eigenvalue weighted by molar-refractivity contribution is -0.384. The van der Waals surface area contributed by atoms with Crippen LogP contribution in [-0.4, -0.2) is 55.6 Å². The van der Waals surface area contributed by atoms with E-state index in [0.29, 0.717) is 5.56 Å². The topological polar surface area (TPSA) is 102 Å². The van der Waals surface area contributed by atoms with Crippen LogP contribution in [0.5, 0.6) is 0 Å². The van der Waals surface area contributed by atoms with Gasteiger partial charge in [-0.15, -0.1) is 0 Å². The Bertz CT molecular complexity index is 723. The first-order valence-corrected chi connectivity index (χ1v) is 10.2. The maximum atomic E-state index is 12.4. The summed E-state index contributed by atoms with van der Waals surface area (Å²) in [7, 11) is -3.54. The van der Waals surface area contributed by atoms with Crippen LogP contribution in [0.15, 0.2) is 24.3 Å². The van der Waals surface area contributed by atoms with E-state index in [-0.39, 0.29) is 35.7 Å². The molecule has 1 aromatic carbocycles. The Morgan fingerprint density at radius 2 is 1.77 bits per heavy atom. The summed E-state index contributed by atoms with van der Waals surface area (Å²) >= 11 is 0.